The number of aromatic amines is 1. The summed E-state index contributed by atoms with van der Waals surface area (Å²) in [5.41, 5.74) is 2.31. The van der Waals surface area contributed by atoms with Crippen molar-refractivity contribution < 1.29 is 14.5 Å². The number of carbonyl (C=O) groups excluding carboxylic acids is 2. The Morgan fingerprint density at radius 2 is 1.86 bits per heavy atom. The molecule has 0 aliphatic heterocycles. The first-order valence-corrected chi connectivity index (χ1v) is 10.5. The van der Waals surface area contributed by atoms with Crippen molar-refractivity contribution >= 4 is 34.1 Å². The van der Waals surface area contributed by atoms with Crippen LogP contribution in [0.2, 0.25) is 0 Å². The Morgan fingerprint density at radius 1 is 1.07 bits per heavy atom. The van der Waals surface area contributed by atoms with Gasteiger partial charge >= 0.3 is 0 Å². The molecule has 1 aromatic carbocycles. The maximum atomic E-state index is 12.3. The number of carbonyl (C=O) groups is 2. The summed E-state index contributed by atoms with van der Waals surface area (Å²) in [6.45, 7) is 4.45. The van der Waals surface area contributed by atoms with Crippen molar-refractivity contribution in [1.82, 2.24) is 15.6 Å². The lowest BCUT2D eigenvalue weighted by Gasteiger charge is -2.16. The standard InChI is InChI=1S/C21H26N4O2S/c1-2-25(15-21(27)24-13-17-6-5-11-28-17)14-20(26)22-10-9-16-12-23-19-8-4-3-7-18(16)19/h3-8,11-12,23H,2,9-10,13-15H2,1H3,(H,22,26)(H,24,27)/p+1. The first-order valence-electron chi connectivity index (χ1n) is 9.60. The summed E-state index contributed by atoms with van der Waals surface area (Å²) in [5.74, 6) is -0.0559. The fraction of sp³-hybridized carbons (Fsp3) is 0.333. The van der Waals surface area contributed by atoms with Gasteiger partial charge in [-0.3, -0.25) is 9.59 Å². The lowest BCUT2D eigenvalue weighted by Crippen LogP contribution is -3.14. The van der Waals surface area contributed by atoms with Crippen LogP contribution < -0.4 is 15.5 Å². The second-order valence-electron chi connectivity index (χ2n) is 6.77. The van der Waals surface area contributed by atoms with Crippen LogP contribution in [0.15, 0.2) is 48.0 Å². The zero-order chi connectivity index (χ0) is 19.8. The SMILES string of the molecule is CC[NH+](CC(=O)NCCc1c[nH]c2ccccc12)CC(=O)NCc1cccs1. The average Bonchev–Trinajstić information content (AvgIpc) is 3.36. The number of fused-ring (bicyclic) bond motifs is 1. The van der Waals surface area contributed by atoms with Gasteiger partial charge in [-0.25, -0.2) is 0 Å². The number of nitrogens with one attached hydrogen (secondary N) is 4. The van der Waals surface area contributed by atoms with Gasteiger partial charge in [0.25, 0.3) is 11.8 Å². The summed E-state index contributed by atoms with van der Waals surface area (Å²) in [6.07, 6.45) is 2.77. The van der Waals surface area contributed by atoms with E-state index in [1.54, 1.807) is 11.3 Å². The molecule has 2 aromatic heterocycles. The molecule has 0 saturated carbocycles. The second kappa shape index (κ2) is 10.1. The lowest BCUT2D eigenvalue weighted by molar-refractivity contribution is -0.881. The van der Waals surface area contributed by atoms with E-state index in [4.69, 9.17) is 0 Å². The van der Waals surface area contributed by atoms with E-state index in [0.29, 0.717) is 26.2 Å². The predicted molar refractivity (Wildman–Crippen MR) is 112 cm³/mol. The Hall–Kier alpha value is -2.64. The molecule has 3 aromatic rings. The van der Waals surface area contributed by atoms with E-state index >= 15 is 0 Å². The summed E-state index contributed by atoms with van der Waals surface area (Å²) in [6, 6.07) is 12.1. The van der Waals surface area contributed by atoms with Crippen LogP contribution in [-0.4, -0.2) is 43.0 Å². The van der Waals surface area contributed by atoms with E-state index in [0.717, 1.165) is 28.3 Å². The Balaban J connectivity index is 1.39. The van der Waals surface area contributed by atoms with Crippen molar-refractivity contribution in [2.24, 2.45) is 0 Å². The van der Waals surface area contributed by atoms with E-state index in [2.05, 4.69) is 21.7 Å². The zero-order valence-electron chi connectivity index (χ0n) is 16.1. The van der Waals surface area contributed by atoms with Gasteiger partial charge in [0.05, 0.1) is 13.1 Å². The maximum Gasteiger partial charge on any atom is 0.275 e. The zero-order valence-corrected chi connectivity index (χ0v) is 16.9. The van der Waals surface area contributed by atoms with Crippen LogP contribution in [0, 0.1) is 0 Å². The van der Waals surface area contributed by atoms with Crippen molar-refractivity contribution in [1.29, 1.82) is 0 Å². The van der Waals surface area contributed by atoms with Crippen molar-refractivity contribution in [2.45, 2.75) is 19.9 Å². The number of hydrogen-bond donors (Lipinski definition) is 4. The van der Waals surface area contributed by atoms with Crippen molar-refractivity contribution in [3.05, 3.63) is 58.4 Å². The highest BCUT2D eigenvalue weighted by Gasteiger charge is 2.16. The number of H-pyrrole nitrogens is 1. The number of quaternary nitrogens is 1. The number of likely N-dealkylation sites (N-methyl/N-ethyl adjacent to an activating group) is 1. The van der Waals surface area contributed by atoms with Crippen LogP contribution in [0.5, 0.6) is 0 Å². The molecule has 0 bridgehead atoms. The van der Waals surface area contributed by atoms with Gasteiger partial charge < -0.3 is 20.5 Å². The van der Waals surface area contributed by atoms with Crippen molar-refractivity contribution in [2.75, 3.05) is 26.2 Å². The average molecular weight is 400 g/mol. The number of aromatic nitrogens is 1. The van der Waals surface area contributed by atoms with Gasteiger partial charge in [-0.05, 0) is 36.4 Å². The quantitative estimate of drug-likeness (QED) is 0.412. The lowest BCUT2D eigenvalue weighted by atomic mass is 10.1. The van der Waals surface area contributed by atoms with Gasteiger partial charge in [0.15, 0.2) is 13.1 Å². The van der Waals surface area contributed by atoms with Crippen molar-refractivity contribution in [3.8, 4) is 0 Å². The summed E-state index contributed by atoms with van der Waals surface area (Å²) >= 11 is 1.62. The molecular formula is C21H27N4O2S+. The van der Waals surface area contributed by atoms with E-state index < -0.39 is 0 Å². The summed E-state index contributed by atoms with van der Waals surface area (Å²) in [5, 5.41) is 9.08. The van der Waals surface area contributed by atoms with Gasteiger partial charge in [-0.1, -0.05) is 24.3 Å². The molecule has 0 radical (unpaired) electrons. The summed E-state index contributed by atoms with van der Waals surface area (Å²) < 4.78 is 0. The maximum absolute atomic E-state index is 12.3. The van der Waals surface area contributed by atoms with Crippen LogP contribution in [-0.2, 0) is 22.6 Å². The van der Waals surface area contributed by atoms with Gasteiger partial charge in [-0.15, -0.1) is 11.3 Å². The normalized spacial score (nSPS) is 12.0. The van der Waals surface area contributed by atoms with E-state index in [1.165, 1.54) is 10.9 Å². The molecule has 6 nitrogen and oxygen atoms in total. The number of hydrogen-bond acceptors (Lipinski definition) is 3. The minimum Gasteiger partial charge on any atom is -0.361 e. The van der Waals surface area contributed by atoms with Crippen LogP contribution in [0.25, 0.3) is 10.9 Å². The Labute approximate surface area is 168 Å². The van der Waals surface area contributed by atoms with Crippen LogP contribution in [0.4, 0.5) is 0 Å². The van der Waals surface area contributed by atoms with Crippen molar-refractivity contribution in [3.63, 3.8) is 0 Å². The molecule has 1 atom stereocenters. The molecule has 2 heterocycles. The fourth-order valence-electron chi connectivity index (χ4n) is 3.17. The number of amides is 2. The smallest absolute Gasteiger partial charge is 0.275 e. The van der Waals surface area contributed by atoms with Crippen LogP contribution in [0.3, 0.4) is 0 Å². The number of rotatable bonds is 10. The molecule has 0 aliphatic rings. The molecule has 1 unspecified atom stereocenters. The molecule has 2 amide bonds. The number of benzene rings is 1. The van der Waals surface area contributed by atoms with Gasteiger partial charge in [0.2, 0.25) is 0 Å². The van der Waals surface area contributed by atoms with Crippen LogP contribution >= 0.6 is 11.3 Å². The number of thiophene rings is 1. The monoisotopic (exact) mass is 399 g/mol. The minimum atomic E-state index is -0.0307. The first-order chi connectivity index (χ1) is 13.7. The largest absolute Gasteiger partial charge is 0.361 e. The third-order valence-corrected chi connectivity index (χ3v) is 5.63. The molecule has 28 heavy (non-hydrogen) atoms. The molecule has 4 N–H and O–H groups in total. The predicted octanol–water partition coefficient (Wildman–Crippen LogP) is 1.11. The molecule has 0 fully saturated rings. The Bertz CT molecular complexity index is 904. The Kier molecular flexibility index (Phi) is 7.22. The third kappa shape index (κ3) is 5.68. The first kappa shape index (κ1) is 20.1. The van der Waals surface area contributed by atoms with Gasteiger partial charge in [0, 0.05) is 28.5 Å². The molecule has 0 spiro atoms. The molecule has 148 valence electrons. The third-order valence-electron chi connectivity index (χ3n) is 4.75. The minimum absolute atomic E-state index is 0.0252. The highest BCUT2D eigenvalue weighted by atomic mass is 32.1. The molecule has 0 saturated heterocycles. The fourth-order valence-corrected chi connectivity index (χ4v) is 3.81. The molecule has 3 rings (SSSR count). The second-order valence-corrected chi connectivity index (χ2v) is 7.80. The molecule has 7 heteroatoms. The number of para-hydroxylation sites is 1. The Morgan fingerprint density at radius 3 is 2.61 bits per heavy atom. The molecule has 0 aliphatic carbocycles. The summed E-state index contributed by atoms with van der Waals surface area (Å²) in [4.78, 5) is 29.7. The van der Waals surface area contributed by atoms with E-state index in [1.807, 2.05) is 48.8 Å². The van der Waals surface area contributed by atoms with Gasteiger partial charge in [-0.2, -0.15) is 0 Å². The molecular weight excluding hydrogens is 372 g/mol. The van der Waals surface area contributed by atoms with E-state index in [9.17, 15) is 9.59 Å². The van der Waals surface area contributed by atoms with Crippen LogP contribution in [0.1, 0.15) is 17.4 Å². The topological polar surface area (TPSA) is 78.4 Å². The van der Waals surface area contributed by atoms with Gasteiger partial charge in [0.1, 0.15) is 0 Å². The van der Waals surface area contributed by atoms with E-state index in [-0.39, 0.29) is 11.8 Å². The highest BCUT2D eigenvalue weighted by molar-refractivity contribution is 7.09. The highest BCUT2D eigenvalue weighted by Crippen LogP contribution is 2.17. The summed E-state index contributed by atoms with van der Waals surface area (Å²) in [7, 11) is 0.